The number of esters is 1. The number of hydrogen-bond donors (Lipinski definition) is 2. The van der Waals surface area contributed by atoms with E-state index in [4.69, 9.17) is 4.74 Å². The number of rotatable bonds is 5. The second-order valence-electron chi connectivity index (χ2n) is 12.5. The Morgan fingerprint density at radius 1 is 1.06 bits per heavy atom. The van der Waals surface area contributed by atoms with Gasteiger partial charge in [0.2, 0.25) is 0 Å². The van der Waals surface area contributed by atoms with Crippen LogP contribution >= 0.6 is 0 Å². The summed E-state index contributed by atoms with van der Waals surface area (Å²) in [6, 6.07) is 0. The van der Waals surface area contributed by atoms with Crippen molar-refractivity contribution in [3.63, 3.8) is 0 Å². The molecule has 0 radical (unpaired) electrons. The largest absolute Gasteiger partial charge is 0.481 e. The third-order valence-electron chi connectivity index (χ3n) is 11.2. The predicted octanol–water partition coefficient (Wildman–Crippen LogP) is 5.44. The van der Waals surface area contributed by atoms with E-state index in [0.717, 1.165) is 25.7 Å². The normalized spacial score (nSPS) is 48.8. The Bertz CT molecular complexity index is 750. The number of aliphatic hydroxyl groups excluding tert-OH is 1. The molecule has 2 N–H and O–H groups in total. The lowest BCUT2D eigenvalue weighted by atomic mass is 9.41. The Balaban J connectivity index is 1.61. The van der Waals surface area contributed by atoms with Crippen LogP contribution in [0.5, 0.6) is 0 Å². The van der Waals surface area contributed by atoms with Crippen molar-refractivity contribution in [2.75, 3.05) is 0 Å². The average molecular weight is 449 g/mol. The summed E-state index contributed by atoms with van der Waals surface area (Å²) in [5.41, 5.74) is -0.436. The van der Waals surface area contributed by atoms with Crippen molar-refractivity contribution < 1.29 is 24.5 Å². The molecule has 4 aliphatic rings. The van der Waals surface area contributed by atoms with E-state index in [-0.39, 0.29) is 23.2 Å². The molecule has 0 saturated heterocycles. The molecule has 4 fully saturated rings. The molecule has 0 bridgehead atoms. The molecule has 0 aliphatic heterocycles. The summed E-state index contributed by atoms with van der Waals surface area (Å²) in [5, 5.41) is 19.8. The van der Waals surface area contributed by atoms with Crippen LogP contribution in [0.3, 0.4) is 0 Å². The standard InChI is InChI=1S/C27H44O5/c1-16(6-11-24(30)31)21-9-10-22-20-8-7-18-14-19(29)15-26(4,32-17(2)28)27(18,5)23(20)12-13-25(21,22)3/h16,18-23,29H,6-15H2,1-5H3,(H,30,31)/t16-,18?,19+,20+,21-,22+,23+,25-,26?,27+/m1/s1. The minimum Gasteiger partial charge on any atom is -0.481 e. The van der Waals surface area contributed by atoms with Crippen LogP contribution in [-0.2, 0) is 14.3 Å². The van der Waals surface area contributed by atoms with Gasteiger partial charge in [-0.25, -0.2) is 0 Å². The fraction of sp³-hybridized carbons (Fsp3) is 0.926. The maximum absolute atomic E-state index is 12.1. The van der Waals surface area contributed by atoms with Crippen LogP contribution in [-0.4, -0.2) is 33.9 Å². The molecule has 5 nitrogen and oxygen atoms in total. The first kappa shape index (κ1) is 24.0. The topological polar surface area (TPSA) is 83.8 Å². The molecule has 32 heavy (non-hydrogen) atoms. The van der Waals surface area contributed by atoms with Gasteiger partial charge in [-0.1, -0.05) is 20.8 Å². The molecule has 4 rings (SSSR count). The van der Waals surface area contributed by atoms with Gasteiger partial charge in [0.15, 0.2) is 0 Å². The van der Waals surface area contributed by atoms with Crippen LogP contribution in [0.2, 0.25) is 0 Å². The third-order valence-corrected chi connectivity index (χ3v) is 11.2. The van der Waals surface area contributed by atoms with Gasteiger partial charge >= 0.3 is 11.9 Å². The zero-order valence-corrected chi connectivity index (χ0v) is 20.7. The first-order chi connectivity index (χ1) is 14.9. The zero-order valence-electron chi connectivity index (χ0n) is 20.7. The van der Waals surface area contributed by atoms with Gasteiger partial charge < -0.3 is 14.9 Å². The lowest BCUT2D eigenvalue weighted by molar-refractivity contribution is -0.240. The number of aliphatic carboxylic acids is 1. The van der Waals surface area contributed by atoms with Gasteiger partial charge in [0.1, 0.15) is 5.60 Å². The molecule has 0 heterocycles. The van der Waals surface area contributed by atoms with Gasteiger partial charge in [-0.05, 0) is 99.2 Å². The van der Waals surface area contributed by atoms with Crippen molar-refractivity contribution in [2.24, 2.45) is 46.3 Å². The predicted molar refractivity (Wildman–Crippen MR) is 123 cm³/mol. The Kier molecular flexibility index (Phi) is 6.22. The van der Waals surface area contributed by atoms with Crippen LogP contribution in [0.4, 0.5) is 0 Å². The van der Waals surface area contributed by atoms with Crippen LogP contribution < -0.4 is 0 Å². The van der Waals surface area contributed by atoms with Gasteiger partial charge in [0, 0.05) is 25.2 Å². The maximum atomic E-state index is 12.1. The molecule has 2 unspecified atom stereocenters. The SMILES string of the molecule is CC(=O)OC1(C)C[C@@H](O)CC2CC[C@H]3[C@@H]4CC[C@H]([C@H](C)CCC(=O)O)[C@@]4(C)CC[C@@H]3[C@]21C. The van der Waals surface area contributed by atoms with Crippen LogP contribution in [0.1, 0.15) is 98.8 Å². The Morgan fingerprint density at radius 2 is 1.78 bits per heavy atom. The summed E-state index contributed by atoms with van der Waals surface area (Å²) in [7, 11) is 0. The molecular formula is C27H44O5. The summed E-state index contributed by atoms with van der Waals surface area (Å²) in [4.78, 5) is 23.3. The molecule has 0 amide bonds. The van der Waals surface area contributed by atoms with E-state index in [1.807, 2.05) is 0 Å². The molecule has 4 saturated carbocycles. The summed E-state index contributed by atoms with van der Waals surface area (Å²) < 4.78 is 6.07. The molecular weight excluding hydrogens is 404 g/mol. The van der Waals surface area contributed by atoms with Crippen molar-refractivity contribution in [1.29, 1.82) is 0 Å². The highest BCUT2D eigenvalue weighted by Crippen LogP contribution is 2.70. The zero-order chi connectivity index (χ0) is 23.5. The lowest BCUT2D eigenvalue weighted by Gasteiger charge is -2.65. The first-order valence-corrected chi connectivity index (χ1v) is 13.0. The van der Waals surface area contributed by atoms with E-state index < -0.39 is 17.7 Å². The van der Waals surface area contributed by atoms with Gasteiger partial charge in [-0.15, -0.1) is 0 Å². The number of carboxylic acid groups (broad SMARTS) is 1. The Labute approximate surface area is 193 Å². The highest BCUT2D eigenvalue weighted by atomic mass is 16.6. The van der Waals surface area contributed by atoms with Crippen molar-refractivity contribution in [2.45, 2.75) is 111 Å². The van der Waals surface area contributed by atoms with Crippen LogP contribution in [0, 0.1) is 46.3 Å². The number of carboxylic acids is 1. The fourth-order valence-corrected chi connectivity index (χ4v) is 9.70. The number of carbonyl (C=O) groups excluding carboxylic acids is 1. The Morgan fingerprint density at radius 3 is 2.44 bits per heavy atom. The maximum Gasteiger partial charge on any atom is 0.303 e. The van der Waals surface area contributed by atoms with Crippen molar-refractivity contribution in [3.8, 4) is 0 Å². The average Bonchev–Trinajstić information content (AvgIpc) is 3.04. The van der Waals surface area contributed by atoms with Gasteiger partial charge in [-0.2, -0.15) is 0 Å². The summed E-state index contributed by atoms with van der Waals surface area (Å²) in [5.74, 6) is 2.35. The number of carbonyl (C=O) groups is 2. The van der Waals surface area contributed by atoms with E-state index in [2.05, 4.69) is 27.7 Å². The molecule has 10 atom stereocenters. The van der Waals surface area contributed by atoms with E-state index in [9.17, 15) is 19.8 Å². The summed E-state index contributed by atoms with van der Waals surface area (Å²) >= 11 is 0. The smallest absolute Gasteiger partial charge is 0.303 e. The molecule has 182 valence electrons. The molecule has 4 aliphatic carbocycles. The molecule has 0 aromatic rings. The fourth-order valence-electron chi connectivity index (χ4n) is 9.70. The van der Waals surface area contributed by atoms with Crippen molar-refractivity contribution >= 4 is 11.9 Å². The number of hydrogen-bond acceptors (Lipinski definition) is 4. The Hall–Kier alpha value is -1.10. The second kappa shape index (κ2) is 8.29. The molecule has 0 aromatic heterocycles. The van der Waals surface area contributed by atoms with E-state index >= 15 is 0 Å². The van der Waals surface area contributed by atoms with Gasteiger partial charge in [0.05, 0.1) is 6.10 Å². The lowest BCUT2D eigenvalue weighted by Crippen LogP contribution is -2.65. The number of aliphatic hydroxyl groups is 1. The monoisotopic (exact) mass is 448 g/mol. The summed E-state index contributed by atoms with van der Waals surface area (Å²) in [6.07, 6.45) is 9.13. The number of fused-ring (bicyclic) bond motifs is 5. The number of ether oxygens (including phenoxy) is 1. The van der Waals surface area contributed by atoms with Crippen molar-refractivity contribution in [3.05, 3.63) is 0 Å². The van der Waals surface area contributed by atoms with E-state index in [1.54, 1.807) is 0 Å². The summed E-state index contributed by atoms with van der Waals surface area (Å²) in [6.45, 7) is 10.7. The first-order valence-electron chi connectivity index (χ1n) is 13.0. The quantitative estimate of drug-likeness (QED) is 0.547. The van der Waals surface area contributed by atoms with Crippen molar-refractivity contribution in [1.82, 2.24) is 0 Å². The second-order valence-corrected chi connectivity index (χ2v) is 12.5. The van der Waals surface area contributed by atoms with Gasteiger partial charge in [0.25, 0.3) is 0 Å². The third kappa shape index (κ3) is 3.61. The van der Waals surface area contributed by atoms with Crippen LogP contribution in [0.15, 0.2) is 0 Å². The highest BCUT2D eigenvalue weighted by molar-refractivity contribution is 5.67. The molecule has 0 spiro atoms. The highest BCUT2D eigenvalue weighted by Gasteiger charge is 2.66. The van der Waals surface area contributed by atoms with Crippen LogP contribution in [0.25, 0.3) is 0 Å². The minimum absolute atomic E-state index is 0.102. The molecule has 5 heteroatoms. The van der Waals surface area contributed by atoms with E-state index in [0.29, 0.717) is 41.9 Å². The van der Waals surface area contributed by atoms with Gasteiger partial charge in [-0.3, -0.25) is 9.59 Å². The van der Waals surface area contributed by atoms with E-state index in [1.165, 1.54) is 32.6 Å². The minimum atomic E-state index is -0.684. The molecule has 0 aromatic carbocycles.